The van der Waals surface area contributed by atoms with Crippen LogP contribution < -0.4 is 20.9 Å². The molecule has 2 fully saturated rings. The van der Waals surface area contributed by atoms with Crippen molar-refractivity contribution in [1.29, 1.82) is 0 Å². The maximum absolute atomic E-state index is 14.9. The molecule has 4 N–H and O–H groups in total. The number of para-hydroxylation sites is 1. The van der Waals surface area contributed by atoms with Crippen molar-refractivity contribution in [3.05, 3.63) is 59.9 Å². The molecule has 2 aliphatic heterocycles. The van der Waals surface area contributed by atoms with Crippen molar-refractivity contribution in [1.82, 2.24) is 20.4 Å². The Morgan fingerprint density at radius 3 is 2.50 bits per heavy atom. The van der Waals surface area contributed by atoms with E-state index in [4.69, 9.17) is 5.73 Å². The van der Waals surface area contributed by atoms with Crippen LogP contribution in [0.4, 0.5) is 26.4 Å². The molecule has 3 heterocycles. The lowest BCUT2D eigenvalue weighted by Crippen LogP contribution is -2.49. The third-order valence-electron chi connectivity index (χ3n) is 6.49. The number of aromatic nitrogens is 2. The van der Waals surface area contributed by atoms with Crippen LogP contribution in [0.5, 0.6) is 5.75 Å². The maximum Gasteiger partial charge on any atom is 0.328 e. The molecule has 36 heavy (non-hydrogen) atoms. The molecule has 0 atom stereocenters. The van der Waals surface area contributed by atoms with Gasteiger partial charge in [0.15, 0.2) is 5.82 Å². The number of urea groups is 1. The van der Waals surface area contributed by atoms with Crippen LogP contribution in [0.25, 0.3) is 11.3 Å². The number of halogens is 1. The van der Waals surface area contributed by atoms with Crippen LogP contribution in [-0.4, -0.2) is 64.9 Å². The van der Waals surface area contributed by atoms with Gasteiger partial charge in [-0.15, -0.1) is 10.2 Å². The first-order chi connectivity index (χ1) is 17.4. The SMILES string of the molecule is Nc1nnc(-c2ccccc2O)cc1N1CCN(Cc2ccc(N3CCC(=O)NC3=O)cc2F)CC1. The number of rotatable bonds is 5. The average Bonchev–Trinajstić information content (AvgIpc) is 2.87. The van der Waals surface area contributed by atoms with E-state index in [-0.39, 0.29) is 24.6 Å². The molecule has 0 bridgehead atoms. The van der Waals surface area contributed by atoms with Crippen molar-refractivity contribution >= 4 is 29.1 Å². The minimum atomic E-state index is -0.537. The number of anilines is 3. The van der Waals surface area contributed by atoms with Gasteiger partial charge in [-0.05, 0) is 30.3 Å². The molecular weight excluding hydrogens is 465 g/mol. The molecule has 11 heteroatoms. The number of aromatic hydroxyl groups is 1. The van der Waals surface area contributed by atoms with Crippen LogP contribution in [0.3, 0.4) is 0 Å². The molecule has 10 nitrogen and oxygen atoms in total. The summed E-state index contributed by atoms with van der Waals surface area (Å²) in [7, 11) is 0. The van der Waals surface area contributed by atoms with Crippen LogP contribution in [0, 0.1) is 5.82 Å². The number of amides is 3. The van der Waals surface area contributed by atoms with Gasteiger partial charge in [-0.1, -0.05) is 18.2 Å². The molecule has 0 saturated carbocycles. The highest BCUT2D eigenvalue weighted by atomic mass is 19.1. The fourth-order valence-electron chi connectivity index (χ4n) is 4.50. The first-order valence-electron chi connectivity index (χ1n) is 11.7. The Bertz CT molecular complexity index is 1310. The number of nitrogens with zero attached hydrogens (tertiary/aromatic N) is 5. The van der Waals surface area contributed by atoms with Crippen molar-refractivity contribution in [3.8, 4) is 17.0 Å². The normalized spacial score (nSPS) is 16.8. The molecule has 3 aromatic rings. The molecule has 5 rings (SSSR count). The Hall–Kier alpha value is -4.25. The third kappa shape index (κ3) is 4.78. The maximum atomic E-state index is 14.9. The predicted octanol–water partition coefficient (Wildman–Crippen LogP) is 2.34. The zero-order chi connectivity index (χ0) is 25.2. The van der Waals surface area contributed by atoms with E-state index in [1.54, 1.807) is 30.3 Å². The van der Waals surface area contributed by atoms with E-state index in [1.165, 1.54) is 11.0 Å². The highest BCUT2D eigenvalue weighted by Gasteiger charge is 2.26. The number of benzene rings is 2. The lowest BCUT2D eigenvalue weighted by Gasteiger charge is -2.36. The third-order valence-corrected chi connectivity index (χ3v) is 6.49. The molecule has 0 radical (unpaired) electrons. The number of nitrogen functional groups attached to an aromatic ring is 1. The first kappa shape index (κ1) is 23.5. The average molecular weight is 492 g/mol. The first-order valence-corrected chi connectivity index (χ1v) is 11.7. The van der Waals surface area contributed by atoms with Gasteiger partial charge < -0.3 is 15.7 Å². The van der Waals surface area contributed by atoms with E-state index in [1.807, 2.05) is 12.1 Å². The van der Waals surface area contributed by atoms with Gasteiger partial charge in [0.1, 0.15) is 11.6 Å². The zero-order valence-electron chi connectivity index (χ0n) is 19.5. The van der Waals surface area contributed by atoms with Crippen molar-refractivity contribution < 1.29 is 19.1 Å². The number of piperazine rings is 1. The predicted molar refractivity (Wildman–Crippen MR) is 133 cm³/mol. The molecule has 0 spiro atoms. The Balaban J connectivity index is 1.23. The fraction of sp³-hybridized carbons (Fsp3) is 0.280. The Morgan fingerprint density at radius 2 is 1.78 bits per heavy atom. The summed E-state index contributed by atoms with van der Waals surface area (Å²) < 4.78 is 14.9. The van der Waals surface area contributed by atoms with Gasteiger partial charge in [0.25, 0.3) is 0 Å². The van der Waals surface area contributed by atoms with E-state index in [0.29, 0.717) is 61.0 Å². The van der Waals surface area contributed by atoms with Crippen molar-refractivity contribution in [2.45, 2.75) is 13.0 Å². The lowest BCUT2D eigenvalue weighted by molar-refractivity contribution is -0.120. The summed E-state index contributed by atoms with van der Waals surface area (Å²) in [5, 5.41) is 20.6. The molecule has 2 aromatic carbocycles. The molecule has 186 valence electrons. The van der Waals surface area contributed by atoms with Crippen molar-refractivity contribution in [2.75, 3.05) is 48.3 Å². The van der Waals surface area contributed by atoms with E-state index in [0.717, 1.165) is 5.69 Å². The number of hydrogen-bond donors (Lipinski definition) is 3. The molecule has 3 amide bonds. The summed E-state index contributed by atoms with van der Waals surface area (Å²) in [6.45, 7) is 3.36. The van der Waals surface area contributed by atoms with Crippen molar-refractivity contribution in [3.63, 3.8) is 0 Å². The highest BCUT2D eigenvalue weighted by Crippen LogP contribution is 2.32. The van der Waals surface area contributed by atoms with E-state index in [2.05, 4.69) is 25.3 Å². The van der Waals surface area contributed by atoms with Crippen LogP contribution in [-0.2, 0) is 11.3 Å². The summed E-state index contributed by atoms with van der Waals surface area (Å²) in [5.41, 5.74) is 8.94. The Kier molecular flexibility index (Phi) is 6.38. The standard InChI is InChI=1S/C25H26FN7O3/c26-19-13-17(33-8-7-23(35)28-25(33)36)6-5-16(19)15-31-9-11-32(12-10-31)21-14-20(29-30-24(21)27)18-3-1-2-4-22(18)34/h1-6,13-14,34H,7-12,15H2,(H2,27,30)(H,28,35,36). The van der Waals surface area contributed by atoms with Crippen molar-refractivity contribution in [2.24, 2.45) is 0 Å². The number of carbonyl (C=O) groups is 2. The highest BCUT2D eigenvalue weighted by molar-refractivity contribution is 6.05. The summed E-state index contributed by atoms with van der Waals surface area (Å²) in [6.07, 6.45) is 0.185. The largest absolute Gasteiger partial charge is 0.507 e. The number of nitrogens with two attached hydrogens (primary N) is 1. The number of phenols is 1. The molecule has 0 unspecified atom stereocenters. The van der Waals surface area contributed by atoms with Gasteiger partial charge in [0.2, 0.25) is 5.91 Å². The van der Waals surface area contributed by atoms with E-state index < -0.39 is 11.8 Å². The topological polar surface area (TPSA) is 128 Å². The van der Waals surface area contributed by atoms with E-state index >= 15 is 0 Å². The molecular formula is C25H26FN7O3. The molecule has 1 aromatic heterocycles. The summed E-state index contributed by atoms with van der Waals surface area (Å²) in [4.78, 5) is 29.0. The number of phenolic OH excluding ortho intramolecular Hbond substituents is 1. The quantitative estimate of drug-likeness (QED) is 0.496. The van der Waals surface area contributed by atoms with Gasteiger partial charge in [0.05, 0.1) is 11.4 Å². The van der Waals surface area contributed by atoms with Gasteiger partial charge in [-0.3, -0.25) is 19.9 Å². The van der Waals surface area contributed by atoms with Gasteiger partial charge >= 0.3 is 6.03 Å². The Labute approximate surface area is 207 Å². The monoisotopic (exact) mass is 491 g/mol. The summed E-state index contributed by atoms with van der Waals surface area (Å²) >= 11 is 0. The second kappa shape index (κ2) is 9.78. The van der Waals surface area contributed by atoms with Crippen LogP contribution in [0.15, 0.2) is 48.5 Å². The van der Waals surface area contributed by atoms with Crippen LogP contribution in [0.2, 0.25) is 0 Å². The Morgan fingerprint density at radius 1 is 1.00 bits per heavy atom. The number of imide groups is 1. The smallest absolute Gasteiger partial charge is 0.328 e. The van der Waals surface area contributed by atoms with Gasteiger partial charge in [-0.2, -0.15) is 0 Å². The summed E-state index contributed by atoms with van der Waals surface area (Å²) in [6, 6.07) is 12.9. The minimum absolute atomic E-state index is 0.120. The van der Waals surface area contributed by atoms with Crippen LogP contribution in [0.1, 0.15) is 12.0 Å². The second-order valence-corrected chi connectivity index (χ2v) is 8.81. The number of hydrogen-bond acceptors (Lipinski definition) is 8. The number of carbonyl (C=O) groups excluding carboxylic acids is 2. The van der Waals surface area contributed by atoms with Gasteiger partial charge in [-0.25, -0.2) is 9.18 Å². The van der Waals surface area contributed by atoms with Gasteiger partial charge in [0, 0.05) is 62.5 Å². The van der Waals surface area contributed by atoms with E-state index in [9.17, 15) is 19.1 Å². The minimum Gasteiger partial charge on any atom is -0.507 e. The zero-order valence-corrected chi connectivity index (χ0v) is 19.5. The summed E-state index contributed by atoms with van der Waals surface area (Å²) in [5.74, 6) is -0.289. The number of nitrogens with one attached hydrogen (secondary N) is 1. The second-order valence-electron chi connectivity index (χ2n) is 8.81. The molecule has 2 aliphatic rings. The molecule has 0 aliphatic carbocycles. The molecule has 2 saturated heterocycles. The van der Waals surface area contributed by atoms with Crippen LogP contribution >= 0.6 is 0 Å². The lowest BCUT2D eigenvalue weighted by atomic mass is 10.1. The fourth-order valence-corrected chi connectivity index (χ4v) is 4.50.